The predicted octanol–water partition coefficient (Wildman–Crippen LogP) is 2.30. The molecular formula is C9H17N. The van der Waals surface area contributed by atoms with E-state index in [1.165, 1.54) is 25.8 Å². The molecule has 0 aromatic carbocycles. The number of allylic oxidation sites excluding steroid dienone is 1. The summed E-state index contributed by atoms with van der Waals surface area (Å²) in [5.74, 6) is 0. The van der Waals surface area contributed by atoms with Crippen LogP contribution in [0.15, 0.2) is 12.3 Å². The van der Waals surface area contributed by atoms with Gasteiger partial charge in [-0.2, -0.15) is 0 Å². The molecule has 2 rings (SSSR count). The Labute approximate surface area is 63.5 Å². The van der Waals surface area contributed by atoms with Crippen molar-refractivity contribution in [1.29, 1.82) is 0 Å². The molecule has 1 aliphatic carbocycles. The highest BCUT2D eigenvalue weighted by Crippen LogP contribution is 2.49. The van der Waals surface area contributed by atoms with Crippen molar-refractivity contribution < 1.29 is 0 Å². The second-order valence-corrected chi connectivity index (χ2v) is 2.99. The molecule has 0 unspecified atom stereocenters. The molecule has 0 atom stereocenters. The van der Waals surface area contributed by atoms with Crippen LogP contribution in [0, 0.1) is 5.41 Å². The van der Waals surface area contributed by atoms with Gasteiger partial charge in [-0.15, -0.1) is 0 Å². The van der Waals surface area contributed by atoms with E-state index in [2.05, 4.69) is 17.6 Å². The second kappa shape index (κ2) is 3.09. The smallest absolute Gasteiger partial charge is 0.0200 e. The third-order valence-electron chi connectivity index (χ3n) is 2.22. The molecule has 10 heavy (non-hydrogen) atoms. The molecule has 1 heteroatoms. The summed E-state index contributed by atoms with van der Waals surface area (Å²) in [6.07, 6.45) is 8.54. The molecule has 1 fully saturated rings. The van der Waals surface area contributed by atoms with Crippen molar-refractivity contribution in [1.82, 2.24) is 5.32 Å². The normalized spacial score (nSPS) is 24.6. The van der Waals surface area contributed by atoms with Gasteiger partial charge in [-0.25, -0.2) is 0 Å². The summed E-state index contributed by atoms with van der Waals surface area (Å²) in [4.78, 5) is 0. The molecule has 0 aromatic rings. The summed E-state index contributed by atoms with van der Waals surface area (Å²) in [7, 11) is 0. The number of hydrogen-bond donors (Lipinski definition) is 1. The minimum absolute atomic E-state index is 0.731. The van der Waals surface area contributed by atoms with Crippen LogP contribution in [0.5, 0.6) is 0 Å². The lowest BCUT2D eigenvalue weighted by Crippen LogP contribution is -2.22. The lowest BCUT2D eigenvalue weighted by molar-refractivity contribution is 0.477. The van der Waals surface area contributed by atoms with E-state index < -0.39 is 0 Å². The summed E-state index contributed by atoms with van der Waals surface area (Å²) in [5.41, 5.74) is 0.731. The summed E-state index contributed by atoms with van der Waals surface area (Å²) < 4.78 is 0. The van der Waals surface area contributed by atoms with Crippen molar-refractivity contribution in [3.05, 3.63) is 12.3 Å². The molecule has 1 spiro atoms. The van der Waals surface area contributed by atoms with E-state index in [-0.39, 0.29) is 0 Å². The molecule has 1 heterocycles. The summed E-state index contributed by atoms with van der Waals surface area (Å²) in [6, 6.07) is 0. The lowest BCUT2D eigenvalue weighted by atomic mass is 10.0. The van der Waals surface area contributed by atoms with Gasteiger partial charge >= 0.3 is 0 Å². The van der Waals surface area contributed by atoms with Crippen LogP contribution in [0.4, 0.5) is 0 Å². The first-order valence-corrected chi connectivity index (χ1v) is 4.30. The van der Waals surface area contributed by atoms with Crippen LogP contribution in [-0.4, -0.2) is 6.54 Å². The van der Waals surface area contributed by atoms with E-state index in [1.54, 1.807) is 0 Å². The van der Waals surface area contributed by atoms with Crippen LogP contribution in [-0.2, 0) is 0 Å². The summed E-state index contributed by atoms with van der Waals surface area (Å²) in [6.45, 7) is 5.23. The first-order chi connectivity index (χ1) is 4.91. The Hall–Kier alpha value is -0.460. The molecule has 0 aromatic heterocycles. The van der Waals surface area contributed by atoms with Gasteiger partial charge in [-0.05, 0) is 30.9 Å². The van der Waals surface area contributed by atoms with E-state index in [4.69, 9.17) is 0 Å². The highest BCUT2D eigenvalue weighted by Gasteiger charge is 2.41. The SMILES string of the molecule is C1=CNCC2(C1)CC2.CC. The molecule has 0 amide bonds. The molecule has 0 bridgehead atoms. The van der Waals surface area contributed by atoms with Gasteiger partial charge in [0.25, 0.3) is 0 Å². The van der Waals surface area contributed by atoms with Crippen LogP contribution < -0.4 is 5.32 Å². The van der Waals surface area contributed by atoms with Crippen molar-refractivity contribution in [2.45, 2.75) is 33.1 Å². The Balaban J connectivity index is 0.000000231. The Bertz CT molecular complexity index is 123. The lowest BCUT2D eigenvalue weighted by Gasteiger charge is -2.16. The van der Waals surface area contributed by atoms with Gasteiger partial charge in [0.1, 0.15) is 0 Å². The highest BCUT2D eigenvalue weighted by atomic mass is 14.9. The topological polar surface area (TPSA) is 12.0 Å². The fourth-order valence-electron chi connectivity index (χ4n) is 1.30. The zero-order valence-corrected chi connectivity index (χ0v) is 6.98. The first kappa shape index (κ1) is 7.64. The minimum Gasteiger partial charge on any atom is -0.391 e. The molecule has 0 radical (unpaired) electrons. The maximum atomic E-state index is 3.26. The standard InChI is InChI=1S/C7H11N.C2H6/c1-2-7(3-4-7)6-8-5-1;1-2/h1,5,8H,2-4,6H2;1-2H3. The molecule has 2 aliphatic rings. The minimum atomic E-state index is 0.731. The fraction of sp³-hybridized carbons (Fsp3) is 0.778. The first-order valence-electron chi connectivity index (χ1n) is 4.30. The Kier molecular flexibility index (Phi) is 2.36. The Morgan fingerprint density at radius 2 is 2.00 bits per heavy atom. The van der Waals surface area contributed by atoms with Crippen LogP contribution in [0.2, 0.25) is 0 Å². The van der Waals surface area contributed by atoms with Crippen molar-refractivity contribution in [3.8, 4) is 0 Å². The van der Waals surface area contributed by atoms with Crippen LogP contribution in [0.3, 0.4) is 0 Å². The second-order valence-electron chi connectivity index (χ2n) is 2.99. The zero-order valence-electron chi connectivity index (χ0n) is 6.98. The third-order valence-corrected chi connectivity index (χ3v) is 2.22. The third kappa shape index (κ3) is 1.53. The van der Waals surface area contributed by atoms with E-state index in [0.29, 0.717) is 0 Å². The van der Waals surface area contributed by atoms with E-state index >= 15 is 0 Å². The largest absolute Gasteiger partial charge is 0.391 e. The number of nitrogens with one attached hydrogen (secondary N) is 1. The van der Waals surface area contributed by atoms with Crippen LogP contribution in [0.25, 0.3) is 0 Å². The highest BCUT2D eigenvalue weighted by molar-refractivity contribution is 5.05. The fourth-order valence-corrected chi connectivity index (χ4v) is 1.30. The van der Waals surface area contributed by atoms with Gasteiger partial charge in [0.15, 0.2) is 0 Å². The molecule has 1 saturated carbocycles. The average molecular weight is 139 g/mol. The molecule has 1 N–H and O–H groups in total. The van der Waals surface area contributed by atoms with E-state index in [1.807, 2.05) is 13.8 Å². The molecule has 58 valence electrons. The van der Waals surface area contributed by atoms with Crippen molar-refractivity contribution >= 4 is 0 Å². The molecule has 1 aliphatic heterocycles. The van der Waals surface area contributed by atoms with Gasteiger partial charge < -0.3 is 5.32 Å². The van der Waals surface area contributed by atoms with E-state index in [9.17, 15) is 0 Å². The maximum absolute atomic E-state index is 3.26. The Morgan fingerprint density at radius 3 is 2.30 bits per heavy atom. The van der Waals surface area contributed by atoms with Crippen LogP contribution in [0.1, 0.15) is 33.1 Å². The van der Waals surface area contributed by atoms with Crippen molar-refractivity contribution in [2.75, 3.05) is 6.54 Å². The van der Waals surface area contributed by atoms with E-state index in [0.717, 1.165) is 5.41 Å². The van der Waals surface area contributed by atoms with Crippen molar-refractivity contribution in [2.24, 2.45) is 5.41 Å². The molecule has 1 nitrogen and oxygen atoms in total. The summed E-state index contributed by atoms with van der Waals surface area (Å²) >= 11 is 0. The number of hydrogen-bond acceptors (Lipinski definition) is 1. The van der Waals surface area contributed by atoms with Gasteiger partial charge in [0.05, 0.1) is 0 Å². The molecular weight excluding hydrogens is 122 g/mol. The van der Waals surface area contributed by atoms with Gasteiger partial charge in [0.2, 0.25) is 0 Å². The maximum Gasteiger partial charge on any atom is 0.0200 e. The van der Waals surface area contributed by atoms with Gasteiger partial charge in [-0.3, -0.25) is 0 Å². The average Bonchev–Trinajstić information content (AvgIpc) is 2.75. The van der Waals surface area contributed by atoms with Crippen LogP contribution >= 0.6 is 0 Å². The van der Waals surface area contributed by atoms with Crippen molar-refractivity contribution in [3.63, 3.8) is 0 Å². The quantitative estimate of drug-likeness (QED) is 0.543. The Morgan fingerprint density at radius 1 is 1.30 bits per heavy atom. The summed E-state index contributed by atoms with van der Waals surface area (Å²) in [5, 5.41) is 3.26. The molecule has 0 saturated heterocycles. The number of rotatable bonds is 0. The van der Waals surface area contributed by atoms with Gasteiger partial charge in [-0.1, -0.05) is 19.9 Å². The zero-order chi connectivity index (χ0) is 7.45. The van der Waals surface area contributed by atoms with Gasteiger partial charge in [0, 0.05) is 6.54 Å². The monoisotopic (exact) mass is 139 g/mol. The predicted molar refractivity (Wildman–Crippen MR) is 44.8 cm³/mol.